The first kappa shape index (κ1) is 13.9. The van der Waals surface area contributed by atoms with Crippen molar-refractivity contribution in [3.8, 4) is 5.75 Å². The highest BCUT2D eigenvalue weighted by atomic mass is 16.7. The second-order valence-corrected chi connectivity index (χ2v) is 4.83. The van der Waals surface area contributed by atoms with Gasteiger partial charge in [-0.1, -0.05) is 12.1 Å². The molecule has 0 atom stereocenters. The minimum atomic E-state index is 0.00464. The van der Waals surface area contributed by atoms with Gasteiger partial charge in [-0.05, 0) is 43.9 Å². The van der Waals surface area contributed by atoms with Gasteiger partial charge in [-0.2, -0.15) is 0 Å². The number of ether oxygens (including phenoxy) is 1. The Kier molecular flexibility index (Phi) is 4.80. The maximum absolute atomic E-state index is 11.9. The van der Waals surface area contributed by atoms with Crippen LogP contribution in [0.5, 0.6) is 5.75 Å². The Balaban J connectivity index is 1.79. The quantitative estimate of drug-likeness (QED) is 0.838. The van der Waals surface area contributed by atoms with E-state index in [-0.39, 0.29) is 5.91 Å². The van der Waals surface area contributed by atoms with Crippen molar-refractivity contribution >= 4 is 5.91 Å². The highest BCUT2D eigenvalue weighted by Gasteiger charge is 2.17. The van der Waals surface area contributed by atoms with Crippen molar-refractivity contribution in [3.05, 3.63) is 29.3 Å². The molecular weight excluding hydrogens is 242 g/mol. The zero-order valence-electron chi connectivity index (χ0n) is 11.6. The highest BCUT2D eigenvalue weighted by Crippen LogP contribution is 2.20. The average molecular weight is 263 g/mol. The second kappa shape index (κ2) is 6.57. The first-order valence-corrected chi connectivity index (χ1v) is 6.81. The molecule has 104 valence electrons. The summed E-state index contributed by atoms with van der Waals surface area (Å²) in [5.41, 5.74) is 2.33. The van der Waals surface area contributed by atoms with E-state index in [1.165, 1.54) is 10.6 Å². The van der Waals surface area contributed by atoms with Crippen LogP contribution in [0.2, 0.25) is 0 Å². The van der Waals surface area contributed by atoms with Gasteiger partial charge in [0.1, 0.15) is 5.75 Å². The highest BCUT2D eigenvalue weighted by molar-refractivity contribution is 5.75. The smallest absolute Gasteiger partial charge is 0.249 e. The van der Waals surface area contributed by atoms with Crippen molar-refractivity contribution in [3.63, 3.8) is 0 Å². The number of hydrogen-bond acceptors (Lipinski definition) is 3. The Morgan fingerprint density at radius 1 is 1.37 bits per heavy atom. The normalized spacial score (nSPS) is 15.4. The summed E-state index contributed by atoms with van der Waals surface area (Å²) >= 11 is 0. The predicted molar refractivity (Wildman–Crippen MR) is 72.9 cm³/mol. The molecular formula is C15H21NO3. The minimum Gasteiger partial charge on any atom is -0.493 e. The van der Waals surface area contributed by atoms with Gasteiger partial charge in [0.05, 0.1) is 19.6 Å². The van der Waals surface area contributed by atoms with Crippen LogP contribution in [0, 0.1) is 13.8 Å². The number of carbonyl (C=O) groups is 1. The topological polar surface area (TPSA) is 38.8 Å². The number of carbonyl (C=O) groups excluding carboxylic acids is 1. The van der Waals surface area contributed by atoms with Crippen LogP contribution < -0.4 is 4.74 Å². The Morgan fingerprint density at radius 2 is 2.21 bits per heavy atom. The molecule has 0 aliphatic carbocycles. The molecule has 4 nitrogen and oxygen atoms in total. The van der Waals surface area contributed by atoms with Gasteiger partial charge in [-0.15, -0.1) is 0 Å². The van der Waals surface area contributed by atoms with Crippen LogP contribution in [-0.4, -0.2) is 30.7 Å². The summed E-state index contributed by atoms with van der Waals surface area (Å²) in [6.07, 6.45) is 2.40. The lowest BCUT2D eigenvalue weighted by Gasteiger charge is -2.25. The third-order valence-corrected chi connectivity index (χ3v) is 3.41. The van der Waals surface area contributed by atoms with E-state index in [0.717, 1.165) is 24.2 Å². The molecule has 1 aliphatic rings. The minimum absolute atomic E-state index is 0.00464. The number of hydroxylamine groups is 2. The molecule has 1 saturated heterocycles. The van der Waals surface area contributed by atoms with Gasteiger partial charge in [0.2, 0.25) is 5.91 Å². The first-order chi connectivity index (χ1) is 9.18. The molecule has 4 heteroatoms. The van der Waals surface area contributed by atoms with Crippen molar-refractivity contribution in [2.75, 3.05) is 19.8 Å². The molecule has 0 bridgehead atoms. The van der Waals surface area contributed by atoms with Crippen molar-refractivity contribution < 1.29 is 14.4 Å². The fourth-order valence-corrected chi connectivity index (χ4v) is 2.05. The van der Waals surface area contributed by atoms with E-state index in [0.29, 0.717) is 26.2 Å². The van der Waals surface area contributed by atoms with E-state index in [9.17, 15) is 4.79 Å². The molecule has 0 saturated carbocycles. The molecule has 1 fully saturated rings. The fourth-order valence-electron chi connectivity index (χ4n) is 2.05. The van der Waals surface area contributed by atoms with Crippen LogP contribution in [0.4, 0.5) is 0 Å². The van der Waals surface area contributed by atoms with Gasteiger partial charge >= 0.3 is 0 Å². The average Bonchev–Trinajstić information content (AvgIpc) is 2.44. The molecule has 0 unspecified atom stereocenters. The van der Waals surface area contributed by atoms with Crippen LogP contribution in [0.25, 0.3) is 0 Å². The molecule has 0 spiro atoms. The van der Waals surface area contributed by atoms with Gasteiger partial charge in [0, 0.05) is 6.54 Å². The van der Waals surface area contributed by atoms with Gasteiger partial charge in [-0.25, -0.2) is 5.06 Å². The summed E-state index contributed by atoms with van der Waals surface area (Å²) in [6.45, 7) is 5.81. The van der Waals surface area contributed by atoms with E-state index in [1.54, 1.807) is 0 Å². The lowest BCUT2D eigenvalue weighted by atomic mass is 10.1. The van der Waals surface area contributed by atoms with Gasteiger partial charge < -0.3 is 4.74 Å². The van der Waals surface area contributed by atoms with E-state index >= 15 is 0 Å². The lowest BCUT2D eigenvalue weighted by Crippen LogP contribution is -2.36. The number of benzene rings is 1. The second-order valence-electron chi connectivity index (χ2n) is 4.83. The summed E-state index contributed by atoms with van der Waals surface area (Å²) < 4.78 is 5.68. The summed E-state index contributed by atoms with van der Waals surface area (Å²) in [5, 5.41) is 1.47. The summed E-state index contributed by atoms with van der Waals surface area (Å²) in [4.78, 5) is 17.2. The van der Waals surface area contributed by atoms with Crippen LogP contribution >= 0.6 is 0 Å². The summed E-state index contributed by atoms with van der Waals surface area (Å²) in [7, 11) is 0. The van der Waals surface area contributed by atoms with Crippen LogP contribution in [-0.2, 0) is 9.63 Å². The maximum Gasteiger partial charge on any atom is 0.249 e. The van der Waals surface area contributed by atoms with E-state index in [1.807, 2.05) is 19.1 Å². The molecule has 1 aromatic carbocycles. The fraction of sp³-hybridized carbons (Fsp3) is 0.533. The molecule has 0 aromatic heterocycles. The number of aryl methyl sites for hydroxylation is 1. The monoisotopic (exact) mass is 263 g/mol. The third-order valence-electron chi connectivity index (χ3n) is 3.41. The standard InChI is InChI=1S/C15H21NO3/c1-12-6-5-7-14(13(12)2)18-11-8-15(17)16-9-3-4-10-19-16/h5-7H,3-4,8-11H2,1-2H3. The van der Waals surface area contributed by atoms with Crippen LogP contribution in [0.3, 0.4) is 0 Å². The van der Waals surface area contributed by atoms with Crippen molar-refractivity contribution in [2.45, 2.75) is 33.1 Å². The molecule has 1 heterocycles. The number of rotatable bonds is 4. The van der Waals surface area contributed by atoms with Crippen LogP contribution in [0.1, 0.15) is 30.4 Å². The summed E-state index contributed by atoms with van der Waals surface area (Å²) in [5.74, 6) is 0.859. The summed E-state index contributed by atoms with van der Waals surface area (Å²) in [6, 6.07) is 5.95. The lowest BCUT2D eigenvalue weighted by molar-refractivity contribution is -0.197. The van der Waals surface area contributed by atoms with Crippen LogP contribution in [0.15, 0.2) is 18.2 Å². The zero-order chi connectivity index (χ0) is 13.7. The third kappa shape index (κ3) is 3.70. The largest absolute Gasteiger partial charge is 0.493 e. The SMILES string of the molecule is Cc1cccc(OCCC(=O)N2CCCCO2)c1C. The van der Waals surface area contributed by atoms with Gasteiger partial charge in [-0.3, -0.25) is 9.63 Å². The number of amides is 1. The Labute approximate surface area is 114 Å². The van der Waals surface area contributed by atoms with Crippen molar-refractivity contribution in [1.82, 2.24) is 5.06 Å². The van der Waals surface area contributed by atoms with Crippen molar-refractivity contribution in [2.24, 2.45) is 0 Å². The Morgan fingerprint density at radius 3 is 2.95 bits per heavy atom. The number of nitrogens with zero attached hydrogens (tertiary/aromatic N) is 1. The van der Waals surface area contributed by atoms with E-state index in [4.69, 9.17) is 9.57 Å². The van der Waals surface area contributed by atoms with Crippen molar-refractivity contribution in [1.29, 1.82) is 0 Å². The molecule has 0 radical (unpaired) electrons. The Bertz CT molecular complexity index is 439. The maximum atomic E-state index is 11.9. The predicted octanol–water partition coefficient (Wildman–Crippen LogP) is 2.63. The Hall–Kier alpha value is -1.55. The molecule has 1 amide bonds. The zero-order valence-corrected chi connectivity index (χ0v) is 11.6. The van der Waals surface area contributed by atoms with E-state index in [2.05, 4.69) is 13.0 Å². The molecule has 2 rings (SSSR count). The van der Waals surface area contributed by atoms with Gasteiger partial charge in [0.15, 0.2) is 0 Å². The molecule has 1 aliphatic heterocycles. The number of hydrogen-bond donors (Lipinski definition) is 0. The van der Waals surface area contributed by atoms with E-state index < -0.39 is 0 Å². The molecule has 19 heavy (non-hydrogen) atoms. The molecule has 0 N–H and O–H groups in total. The first-order valence-electron chi connectivity index (χ1n) is 6.81. The molecule has 1 aromatic rings. The van der Waals surface area contributed by atoms with Gasteiger partial charge in [0.25, 0.3) is 0 Å².